The average molecular weight is 461 g/mol. The number of rotatable bonds is 6. The highest BCUT2D eigenvalue weighted by atomic mass is 19.4. The summed E-state index contributed by atoms with van der Waals surface area (Å²) in [7, 11) is 0. The summed E-state index contributed by atoms with van der Waals surface area (Å²) in [5, 5.41) is 6.84. The summed E-state index contributed by atoms with van der Waals surface area (Å²) in [5.41, 5.74) is 2.20. The fourth-order valence-corrected chi connectivity index (χ4v) is 3.07. The number of benzene rings is 2. The van der Waals surface area contributed by atoms with Gasteiger partial charge in [-0.1, -0.05) is 18.2 Å². The molecule has 4 rings (SSSR count). The number of hydrogen-bond acceptors (Lipinski definition) is 8. The molecule has 0 radical (unpaired) electrons. The van der Waals surface area contributed by atoms with Crippen LogP contribution in [0.5, 0.6) is 0 Å². The lowest BCUT2D eigenvalue weighted by molar-refractivity contribution is -0.137. The molecule has 0 atom stereocenters. The van der Waals surface area contributed by atoms with E-state index in [4.69, 9.17) is 4.74 Å². The number of alkyl halides is 3. The number of nitrogens with one attached hydrogen (secondary N) is 2. The molecule has 33 heavy (non-hydrogen) atoms. The van der Waals surface area contributed by atoms with Gasteiger partial charge in [0.15, 0.2) is 0 Å². The highest BCUT2D eigenvalue weighted by molar-refractivity contribution is 5.82. The number of hydrazone groups is 1. The third-order valence-electron chi connectivity index (χ3n) is 4.65. The minimum absolute atomic E-state index is 0.0249. The van der Waals surface area contributed by atoms with Gasteiger partial charge in [-0.25, -0.2) is 9.82 Å². The van der Waals surface area contributed by atoms with Gasteiger partial charge in [-0.05, 0) is 30.3 Å². The third-order valence-corrected chi connectivity index (χ3v) is 4.65. The van der Waals surface area contributed by atoms with Crippen molar-refractivity contribution in [3.8, 4) is 0 Å². The van der Waals surface area contributed by atoms with Gasteiger partial charge in [0.2, 0.25) is 17.8 Å². The van der Waals surface area contributed by atoms with Crippen LogP contribution in [0.1, 0.15) is 11.1 Å². The first kappa shape index (κ1) is 22.4. The monoisotopic (exact) mass is 461 g/mol. The molecule has 1 aliphatic heterocycles. The van der Waals surface area contributed by atoms with Crippen molar-refractivity contribution in [3.05, 3.63) is 65.5 Å². The van der Waals surface area contributed by atoms with E-state index < -0.39 is 11.7 Å². The van der Waals surface area contributed by atoms with Crippen LogP contribution < -0.4 is 15.6 Å². The standard InChI is InChI=1S/C21H19F4N7O/c22-15-5-7-16(8-6-15)27-18-28-19(30-20(29-18)32-9-11-33-12-10-32)31-26-13-14-3-1-2-4-17(14)21(23,24)25/h1-8,13H,9-12H2,(H2,27,28,29,30,31)/b26-13-. The summed E-state index contributed by atoms with van der Waals surface area (Å²) in [4.78, 5) is 14.8. The van der Waals surface area contributed by atoms with Gasteiger partial charge in [0.05, 0.1) is 25.0 Å². The summed E-state index contributed by atoms with van der Waals surface area (Å²) < 4.78 is 58.1. The molecule has 2 heterocycles. The summed E-state index contributed by atoms with van der Waals surface area (Å²) in [6, 6.07) is 10.7. The van der Waals surface area contributed by atoms with Crippen molar-refractivity contribution in [2.24, 2.45) is 5.10 Å². The molecule has 2 N–H and O–H groups in total. The molecular weight excluding hydrogens is 442 g/mol. The van der Waals surface area contributed by atoms with Crippen molar-refractivity contribution in [2.45, 2.75) is 6.18 Å². The zero-order valence-electron chi connectivity index (χ0n) is 17.2. The molecule has 1 aliphatic rings. The van der Waals surface area contributed by atoms with Gasteiger partial charge in [-0.2, -0.15) is 33.2 Å². The zero-order valence-corrected chi connectivity index (χ0v) is 17.2. The number of aromatic nitrogens is 3. The highest BCUT2D eigenvalue weighted by Gasteiger charge is 2.32. The van der Waals surface area contributed by atoms with Gasteiger partial charge in [0.1, 0.15) is 5.82 Å². The van der Waals surface area contributed by atoms with Crippen LogP contribution in [0.2, 0.25) is 0 Å². The highest BCUT2D eigenvalue weighted by Crippen LogP contribution is 2.31. The van der Waals surface area contributed by atoms with Crippen molar-refractivity contribution in [2.75, 3.05) is 41.9 Å². The smallest absolute Gasteiger partial charge is 0.378 e. The second kappa shape index (κ2) is 9.77. The number of ether oxygens (including phenoxy) is 1. The van der Waals surface area contributed by atoms with E-state index in [9.17, 15) is 17.6 Å². The summed E-state index contributed by atoms with van der Waals surface area (Å²) >= 11 is 0. The lowest BCUT2D eigenvalue weighted by atomic mass is 10.1. The van der Waals surface area contributed by atoms with Gasteiger partial charge in [-0.15, -0.1) is 0 Å². The van der Waals surface area contributed by atoms with E-state index in [1.54, 1.807) is 0 Å². The molecule has 0 aliphatic carbocycles. The molecule has 172 valence electrons. The Kier molecular flexibility index (Phi) is 6.63. The molecule has 2 aromatic carbocycles. The van der Waals surface area contributed by atoms with E-state index in [0.717, 1.165) is 12.3 Å². The molecule has 8 nitrogen and oxygen atoms in total. The van der Waals surface area contributed by atoms with Crippen LogP contribution in [0.15, 0.2) is 53.6 Å². The van der Waals surface area contributed by atoms with Crippen molar-refractivity contribution >= 4 is 29.7 Å². The Morgan fingerprint density at radius 1 is 0.939 bits per heavy atom. The van der Waals surface area contributed by atoms with Crippen LogP contribution in [0.3, 0.4) is 0 Å². The largest absolute Gasteiger partial charge is 0.417 e. The molecule has 1 saturated heterocycles. The Morgan fingerprint density at radius 3 is 2.36 bits per heavy atom. The predicted octanol–water partition coefficient (Wildman–Crippen LogP) is 4.06. The normalized spacial score (nSPS) is 14.5. The molecule has 0 saturated carbocycles. The Labute approximate surface area is 186 Å². The first-order valence-electron chi connectivity index (χ1n) is 9.95. The number of morpholine rings is 1. The molecule has 0 bridgehead atoms. The fourth-order valence-electron chi connectivity index (χ4n) is 3.07. The SMILES string of the molecule is Fc1ccc(Nc2nc(N/N=C\c3ccccc3C(F)(F)F)nc(N3CCOCC3)n2)cc1. The maximum absolute atomic E-state index is 13.2. The fraction of sp³-hybridized carbons (Fsp3) is 0.238. The first-order valence-corrected chi connectivity index (χ1v) is 9.95. The number of nitrogens with zero attached hydrogens (tertiary/aromatic N) is 5. The van der Waals surface area contributed by atoms with Crippen molar-refractivity contribution in [1.29, 1.82) is 0 Å². The minimum Gasteiger partial charge on any atom is -0.378 e. The third kappa shape index (κ3) is 5.92. The minimum atomic E-state index is -4.51. The lowest BCUT2D eigenvalue weighted by Gasteiger charge is -2.27. The molecule has 0 spiro atoms. The van der Waals surface area contributed by atoms with Crippen LogP contribution in [-0.4, -0.2) is 47.5 Å². The van der Waals surface area contributed by atoms with Gasteiger partial charge >= 0.3 is 6.18 Å². The van der Waals surface area contributed by atoms with Crippen molar-refractivity contribution < 1.29 is 22.3 Å². The second-order valence-electron chi connectivity index (χ2n) is 6.97. The van der Waals surface area contributed by atoms with E-state index in [1.165, 1.54) is 42.5 Å². The molecule has 12 heteroatoms. The van der Waals surface area contributed by atoms with Gasteiger partial charge in [-0.3, -0.25) is 0 Å². The van der Waals surface area contributed by atoms with E-state index in [1.807, 2.05) is 4.90 Å². The second-order valence-corrected chi connectivity index (χ2v) is 6.97. The van der Waals surface area contributed by atoms with E-state index >= 15 is 0 Å². The molecule has 3 aromatic rings. The van der Waals surface area contributed by atoms with Crippen molar-refractivity contribution in [1.82, 2.24) is 15.0 Å². The summed E-state index contributed by atoms with van der Waals surface area (Å²) in [5.74, 6) is 0.135. The number of hydrogen-bond donors (Lipinski definition) is 2. The van der Waals surface area contributed by atoms with Gasteiger partial charge < -0.3 is 15.0 Å². The molecule has 0 amide bonds. The van der Waals surface area contributed by atoms with Crippen LogP contribution in [-0.2, 0) is 10.9 Å². The Balaban J connectivity index is 1.59. The van der Waals surface area contributed by atoms with Crippen LogP contribution in [0.25, 0.3) is 0 Å². The summed E-state index contributed by atoms with van der Waals surface area (Å²) in [6.07, 6.45) is -3.46. The maximum atomic E-state index is 13.2. The van der Waals surface area contributed by atoms with Crippen LogP contribution in [0.4, 0.5) is 41.1 Å². The average Bonchev–Trinajstić information content (AvgIpc) is 2.81. The molecular formula is C21H19F4N7O. The topological polar surface area (TPSA) is 87.6 Å². The van der Waals surface area contributed by atoms with E-state index in [-0.39, 0.29) is 23.3 Å². The van der Waals surface area contributed by atoms with Gasteiger partial charge in [0.25, 0.3) is 0 Å². The maximum Gasteiger partial charge on any atom is 0.417 e. The summed E-state index contributed by atoms with van der Waals surface area (Å²) in [6.45, 7) is 2.12. The van der Waals surface area contributed by atoms with Crippen LogP contribution in [0, 0.1) is 5.82 Å². The number of anilines is 4. The zero-order chi connectivity index (χ0) is 23.3. The van der Waals surface area contributed by atoms with E-state index in [0.29, 0.717) is 37.9 Å². The Morgan fingerprint density at radius 2 is 1.64 bits per heavy atom. The first-order chi connectivity index (χ1) is 15.9. The quantitative estimate of drug-likeness (QED) is 0.325. The molecule has 1 aromatic heterocycles. The number of halogens is 4. The Hall–Kier alpha value is -3.80. The molecule has 0 unspecified atom stereocenters. The van der Waals surface area contributed by atoms with Crippen LogP contribution >= 0.6 is 0 Å². The molecule has 1 fully saturated rings. The van der Waals surface area contributed by atoms with Gasteiger partial charge in [0, 0.05) is 24.3 Å². The van der Waals surface area contributed by atoms with Crippen molar-refractivity contribution in [3.63, 3.8) is 0 Å². The predicted molar refractivity (Wildman–Crippen MR) is 115 cm³/mol. The lowest BCUT2D eigenvalue weighted by Crippen LogP contribution is -2.37. The Bertz CT molecular complexity index is 1120. The van der Waals surface area contributed by atoms with E-state index in [2.05, 4.69) is 30.8 Å².